The topological polar surface area (TPSA) is 26.3 Å². The van der Waals surface area contributed by atoms with E-state index in [1.165, 1.54) is 40.0 Å². The van der Waals surface area contributed by atoms with E-state index in [2.05, 4.69) is 91.0 Å². The highest BCUT2D eigenvalue weighted by atomic mass is 16.5. The number of hydrogen-bond donors (Lipinski definition) is 0. The van der Waals surface area contributed by atoms with Crippen molar-refractivity contribution < 1.29 is 9.53 Å². The maximum Gasteiger partial charge on any atom is 0.338 e. The Kier molecular flexibility index (Phi) is 5.55. The van der Waals surface area contributed by atoms with Crippen molar-refractivity contribution in [2.45, 2.75) is 0 Å². The lowest BCUT2D eigenvalue weighted by Crippen LogP contribution is -2.03. The molecule has 6 rings (SSSR count). The Labute approximate surface area is 210 Å². The summed E-state index contributed by atoms with van der Waals surface area (Å²) in [6.07, 6.45) is 0. The highest BCUT2D eigenvalue weighted by Crippen LogP contribution is 2.44. The van der Waals surface area contributed by atoms with Crippen molar-refractivity contribution in [3.8, 4) is 33.4 Å². The maximum absolute atomic E-state index is 12.6. The van der Waals surface area contributed by atoms with Gasteiger partial charge < -0.3 is 4.74 Å². The Morgan fingerprint density at radius 1 is 0.500 bits per heavy atom. The third-order valence-electron chi connectivity index (χ3n) is 6.79. The minimum absolute atomic E-state index is 0.336. The van der Waals surface area contributed by atoms with Gasteiger partial charge in [0.15, 0.2) is 0 Å². The molecular formula is C34H24O2. The number of esters is 1. The van der Waals surface area contributed by atoms with Gasteiger partial charge in [0.25, 0.3) is 0 Å². The van der Waals surface area contributed by atoms with Crippen LogP contribution in [-0.2, 0) is 4.74 Å². The number of ether oxygens (including phenoxy) is 1. The summed E-state index contributed by atoms with van der Waals surface area (Å²) < 4.78 is 5.07. The lowest BCUT2D eigenvalue weighted by Gasteiger charge is -2.19. The van der Waals surface area contributed by atoms with Crippen molar-refractivity contribution in [3.63, 3.8) is 0 Å². The molecular weight excluding hydrogens is 440 g/mol. The standard InChI is InChI=1S/C34H24O2/c1-36-34(35)30-19-11-8-16-26(30)25-20-21-29-31(22-25)33(24-14-6-3-7-15-24)28-18-10-9-17-27(28)32(29)23-12-4-2-5-13-23/h2-22H,1H3. The van der Waals surface area contributed by atoms with Crippen LogP contribution in [0.25, 0.3) is 54.9 Å². The van der Waals surface area contributed by atoms with Gasteiger partial charge in [-0.15, -0.1) is 0 Å². The molecule has 0 saturated heterocycles. The van der Waals surface area contributed by atoms with E-state index < -0.39 is 0 Å². The van der Waals surface area contributed by atoms with Gasteiger partial charge in [0, 0.05) is 0 Å². The molecule has 0 aromatic heterocycles. The zero-order valence-electron chi connectivity index (χ0n) is 19.9. The number of rotatable bonds is 4. The molecule has 6 aromatic carbocycles. The van der Waals surface area contributed by atoms with E-state index in [1.807, 2.05) is 36.4 Å². The van der Waals surface area contributed by atoms with E-state index in [-0.39, 0.29) is 5.97 Å². The highest BCUT2D eigenvalue weighted by Gasteiger charge is 2.18. The molecule has 2 nitrogen and oxygen atoms in total. The average molecular weight is 465 g/mol. The van der Waals surface area contributed by atoms with Crippen LogP contribution in [0, 0.1) is 0 Å². The molecule has 0 radical (unpaired) electrons. The second kappa shape index (κ2) is 9.16. The summed E-state index contributed by atoms with van der Waals surface area (Å²) in [5.41, 5.74) is 7.16. The predicted molar refractivity (Wildman–Crippen MR) is 149 cm³/mol. The SMILES string of the molecule is COC(=O)c1ccccc1-c1ccc2c(-c3ccccc3)c3ccccc3c(-c3ccccc3)c2c1. The van der Waals surface area contributed by atoms with E-state index in [1.54, 1.807) is 0 Å². The molecule has 0 aliphatic heterocycles. The van der Waals surface area contributed by atoms with E-state index in [0.29, 0.717) is 5.56 Å². The van der Waals surface area contributed by atoms with Crippen molar-refractivity contribution in [1.29, 1.82) is 0 Å². The van der Waals surface area contributed by atoms with Gasteiger partial charge in [-0.25, -0.2) is 4.79 Å². The maximum atomic E-state index is 12.6. The van der Waals surface area contributed by atoms with Crippen molar-refractivity contribution in [3.05, 3.63) is 133 Å². The van der Waals surface area contributed by atoms with Crippen LogP contribution in [0.15, 0.2) is 127 Å². The van der Waals surface area contributed by atoms with Crippen molar-refractivity contribution in [2.24, 2.45) is 0 Å². The van der Waals surface area contributed by atoms with Crippen LogP contribution in [0.1, 0.15) is 10.4 Å². The first-order valence-corrected chi connectivity index (χ1v) is 12.0. The van der Waals surface area contributed by atoms with Gasteiger partial charge in [-0.05, 0) is 67.1 Å². The van der Waals surface area contributed by atoms with Crippen LogP contribution in [-0.4, -0.2) is 13.1 Å². The Morgan fingerprint density at radius 2 is 1.00 bits per heavy atom. The molecule has 0 unspecified atom stereocenters. The molecule has 0 aliphatic carbocycles. The second-order valence-electron chi connectivity index (χ2n) is 8.83. The first-order chi connectivity index (χ1) is 17.8. The minimum Gasteiger partial charge on any atom is -0.465 e. The number of fused-ring (bicyclic) bond motifs is 2. The second-order valence-corrected chi connectivity index (χ2v) is 8.83. The zero-order valence-corrected chi connectivity index (χ0v) is 19.9. The summed E-state index contributed by atoms with van der Waals surface area (Å²) in [5.74, 6) is -0.336. The monoisotopic (exact) mass is 464 g/mol. The van der Waals surface area contributed by atoms with Gasteiger partial charge in [-0.2, -0.15) is 0 Å². The summed E-state index contributed by atoms with van der Waals surface area (Å²) in [6.45, 7) is 0. The predicted octanol–water partition coefficient (Wildman–Crippen LogP) is 8.78. The van der Waals surface area contributed by atoms with Gasteiger partial charge in [-0.3, -0.25) is 0 Å². The molecule has 172 valence electrons. The molecule has 0 atom stereocenters. The molecule has 0 amide bonds. The summed E-state index contributed by atoms with van der Waals surface area (Å²) in [6, 6.07) is 43.9. The minimum atomic E-state index is -0.336. The van der Waals surface area contributed by atoms with E-state index in [4.69, 9.17) is 4.74 Å². The molecule has 36 heavy (non-hydrogen) atoms. The molecule has 0 aliphatic rings. The Morgan fingerprint density at radius 3 is 1.61 bits per heavy atom. The fraction of sp³-hybridized carbons (Fsp3) is 0.0294. The van der Waals surface area contributed by atoms with Crippen molar-refractivity contribution >= 4 is 27.5 Å². The van der Waals surface area contributed by atoms with Crippen molar-refractivity contribution in [1.82, 2.24) is 0 Å². The average Bonchev–Trinajstić information content (AvgIpc) is 2.96. The number of hydrogen-bond acceptors (Lipinski definition) is 2. The molecule has 6 aromatic rings. The fourth-order valence-electron chi connectivity index (χ4n) is 5.20. The molecule has 0 spiro atoms. The van der Waals surface area contributed by atoms with Crippen LogP contribution < -0.4 is 0 Å². The van der Waals surface area contributed by atoms with E-state index in [0.717, 1.165) is 22.1 Å². The number of methoxy groups -OCH3 is 1. The Hall–Kier alpha value is -4.69. The molecule has 0 bridgehead atoms. The summed E-state index contributed by atoms with van der Waals surface area (Å²) in [4.78, 5) is 12.6. The zero-order chi connectivity index (χ0) is 24.5. The number of carbonyl (C=O) groups excluding carboxylic acids is 1. The van der Waals surface area contributed by atoms with Gasteiger partial charge in [-0.1, -0.05) is 115 Å². The van der Waals surface area contributed by atoms with Gasteiger partial charge in [0.05, 0.1) is 12.7 Å². The first-order valence-electron chi connectivity index (χ1n) is 12.0. The van der Waals surface area contributed by atoms with Crippen molar-refractivity contribution in [2.75, 3.05) is 7.11 Å². The van der Waals surface area contributed by atoms with Gasteiger partial charge in [0.2, 0.25) is 0 Å². The van der Waals surface area contributed by atoms with Gasteiger partial charge in [0.1, 0.15) is 0 Å². The summed E-state index contributed by atoms with van der Waals surface area (Å²) in [7, 11) is 1.42. The molecule has 0 saturated carbocycles. The largest absolute Gasteiger partial charge is 0.465 e. The van der Waals surface area contributed by atoms with Crippen LogP contribution in [0.2, 0.25) is 0 Å². The lowest BCUT2D eigenvalue weighted by molar-refractivity contribution is 0.0601. The van der Waals surface area contributed by atoms with E-state index in [9.17, 15) is 4.79 Å². The van der Waals surface area contributed by atoms with Gasteiger partial charge >= 0.3 is 5.97 Å². The third-order valence-corrected chi connectivity index (χ3v) is 6.79. The molecule has 0 N–H and O–H groups in total. The molecule has 0 fully saturated rings. The number of carbonyl (C=O) groups is 1. The van der Waals surface area contributed by atoms with Crippen LogP contribution in [0.3, 0.4) is 0 Å². The fourth-order valence-corrected chi connectivity index (χ4v) is 5.20. The molecule has 2 heteroatoms. The normalized spacial score (nSPS) is 11.0. The smallest absolute Gasteiger partial charge is 0.338 e. The first kappa shape index (κ1) is 21.8. The summed E-state index contributed by atoms with van der Waals surface area (Å²) >= 11 is 0. The lowest BCUT2D eigenvalue weighted by atomic mass is 9.84. The molecule has 0 heterocycles. The highest BCUT2D eigenvalue weighted by molar-refractivity contribution is 6.22. The quantitative estimate of drug-likeness (QED) is 0.192. The Balaban J connectivity index is 1.76. The summed E-state index contributed by atoms with van der Waals surface area (Å²) in [5, 5.41) is 4.75. The third kappa shape index (κ3) is 3.64. The van der Waals surface area contributed by atoms with Crippen LogP contribution in [0.4, 0.5) is 0 Å². The Bertz CT molecular complexity index is 1720. The van der Waals surface area contributed by atoms with Crippen LogP contribution >= 0.6 is 0 Å². The van der Waals surface area contributed by atoms with Crippen LogP contribution in [0.5, 0.6) is 0 Å². The van der Waals surface area contributed by atoms with E-state index >= 15 is 0 Å². The number of benzene rings is 6.